The van der Waals surface area contributed by atoms with Crippen molar-refractivity contribution in [1.82, 2.24) is 9.61 Å². The molecule has 2 unspecified atom stereocenters. The van der Waals surface area contributed by atoms with Crippen molar-refractivity contribution in [2.75, 3.05) is 19.8 Å². The molecule has 0 bridgehead atoms. The molecule has 0 spiro atoms. The van der Waals surface area contributed by atoms with Crippen LogP contribution in [-0.2, 0) is 9.47 Å². The Labute approximate surface area is 174 Å². The number of hydrogen-bond acceptors (Lipinski definition) is 5. The van der Waals surface area contributed by atoms with Crippen molar-refractivity contribution >= 4 is 11.3 Å². The standard InChI is InChI=1S/C23H25FN2O4/c1-4-20(27)23-14(2)9-17(10-21(23)30-15(3)24)18-11-25-26-12-16(5-6-19(18)26)22-13-28-7-8-29-22/h5-6,9-12,15,22H,4,7-8,13H2,1-3H3. The Morgan fingerprint density at radius 2 is 2.20 bits per heavy atom. The molecule has 0 radical (unpaired) electrons. The second-order valence-corrected chi connectivity index (χ2v) is 7.39. The number of Topliss-reactive ketones (excluding diaryl/α,β-unsaturated/α-hetero) is 1. The van der Waals surface area contributed by atoms with Crippen LogP contribution in [-0.4, -0.2) is 41.6 Å². The molecule has 2 atom stereocenters. The molecule has 6 nitrogen and oxygen atoms in total. The van der Waals surface area contributed by atoms with Gasteiger partial charge in [-0.3, -0.25) is 4.79 Å². The van der Waals surface area contributed by atoms with Gasteiger partial charge in [-0.15, -0.1) is 0 Å². The summed E-state index contributed by atoms with van der Waals surface area (Å²) in [5.41, 5.74) is 4.75. The van der Waals surface area contributed by atoms with Gasteiger partial charge in [0, 0.05) is 30.7 Å². The number of carbonyl (C=O) groups is 1. The molecule has 1 aromatic carbocycles. The number of nitrogens with zero attached hydrogens (tertiary/aromatic N) is 2. The molecule has 7 heteroatoms. The Hall–Kier alpha value is -2.77. The van der Waals surface area contributed by atoms with Crippen LogP contribution >= 0.6 is 0 Å². The quantitative estimate of drug-likeness (QED) is 0.550. The number of alkyl halides is 1. The van der Waals surface area contributed by atoms with Crippen molar-refractivity contribution in [2.24, 2.45) is 0 Å². The molecule has 1 aliphatic heterocycles. The average molecular weight is 412 g/mol. The fraction of sp³-hybridized carbons (Fsp3) is 0.391. The number of aryl methyl sites for hydroxylation is 1. The maximum Gasteiger partial charge on any atom is 0.235 e. The van der Waals surface area contributed by atoms with E-state index in [-0.39, 0.29) is 17.6 Å². The largest absolute Gasteiger partial charge is 0.460 e. The van der Waals surface area contributed by atoms with E-state index in [4.69, 9.17) is 14.2 Å². The van der Waals surface area contributed by atoms with Crippen LogP contribution in [0.1, 0.15) is 47.9 Å². The third-order valence-corrected chi connectivity index (χ3v) is 5.23. The first-order chi connectivity index (χ1) is 14.5. The lowest BCUT2D eigenvalue weighted by molar-refractivity contribution is -0.0903. The smallest absolute Gasteiger partial charge is 0.235 e. The molecule has 30 heavy (non-hydrogen) atoms. The van der Waals surface area contributed by atoms with Gasteiger partial charge in [0.15, 0.2) is 5.78 Å². The predicted molar refractivity (Wildman–Crippen MR) is 111 cm³/mol. The molecule has 3 aromatic rings. The van der Waals surface area contributed by atoms with Gasteiger partial charge in [-0.2, -0.15) is 5.10 Å². The fourth-order valence-electron chi connectivity index (χ4n) is 3.81. The molecule has 158 valence electrons. The van der Waals surface area contributed by atoms with Gasteiger partial charge in [0.25, 0.3) is 0 Å². The second kappa shape index (κ2) is 8.53. The van der Waals surface area contributed by atoms with Crippen molar-refractivity contribution < 1.29 is 23.4 Å². The Balaban J connectivity index is 1.76. The van der Waals surface area contributed by atoms with Crippen molar-refractivity contribution in [3.63, 3.8) is 0 Å². The van der Waals surface area contributed by atoms with Crippen molar-refractivity contribution in [2.45, 2.75) is 39.7 Å². The molecule has 0 amide bonds. The zero-order valence-electron chi connectivity index (χ0n) is 17.4. The summed E-state index contributed by atoms with van der Waals surface area (Å²) >= 11 is 0. The molecule has 0 N–H and O–H groups in total. The molecule has 2 aromatic heterocycles. The summed E-state index contributed by atoms with van der Waals surface area (Å²) in [7, 11) is 0. The van der Waals surface area contributed by atoms with Gasteiger partial charge in [-0.05, 0) is 30.2 Å². The number of hydrogen-bond donors (Lipinski definition) is 0. The minimum Gasteiger partial charge on any atom is -0.460 e. The first-order valence-corrected chi connectivity index (χ1v) is 10.1. The van der Waals surface area contributed by atoms with E-state index in [1.54, 1.807) is 23.7 Å². The van der Waals surface area contributed by atoms with Crippen LogP contribution in [0.5, 0.6) is 5.75 Å². The van der Waals surface area contributed by atoms with Crippen LogP contribution in [0.25, 0.3) is 16.6 Å². The van der Waals surface area contributed by atoms with Crippen LogP contribution in [0.3, 0.4) is 0 Å². The summed E-state index contributed by atoms with van der Waals surface area (Å²) in [6.07, 6.45) is 2.39. The van der Waals surface area contributed by atoms with Gasteiger partial charge < -0.3 is 14.2 Å². The van der Waals surface area contributed by atoms with Crippen LogP contribution in [0.15, 0.2) is 36.7 Å². The van der Waals surface area contributed by atoms with Gasteiger partial charge in [0.05, 0.1) is 37.1 Å². The molecule has 0 saturated carbocycles. The lowest BCUT2D eigenvalue weighted by atomic mass is 9.96. The van der Waals surface area contributed by atoms with E-state index in [0.29, 0.717) is 31.8 Å². The van der Waals surface area contributed by atoms with E-state index in [9.17, 15) is 9.18 Å². The number of benzene rings is 1. The average Bonchev–Trinajstić information content (AvgIpc) is 3.16. The number of ether oxygens (including phenoxy) is 3. The van der Waals surface area contributed by atoms with Crippen molar-refractivity contribution in [3.8, 4) is 16.9 Å². The highest BCUT2D eigenvalue weighted by Crippen LogP contribution is 2.34. The van der Waals surface area contributed by atoms with E-state index < -0.39 is 6.36 Å². The first-order valence-electron chi connectivity index (χ1n) is 10.1. The van der Waals surface area contributed by atoms with E-state index in [1.807, 2.05) is 31.3 Å². The van der Waals surface area contributed by atoms with Crippen LogP contribution in [0.4, 0.5) is 4.39 Å². The minimum absolute atomic E-state index is 0.0751. The van der Waals surface area contributed by atoms with Crippen molar-refractivity contribution in [3.05, 3.63) is 53.3 Å². The molecule has 3 heterocycles. The van der Waals surface area contributed by atoms with Gasteiger partial charge in [0.1, 0.15) is 11.9 Å². The summed E-state index contributed by atoms with van der Waals surface area (Å²) in [6, 6.07) is 7.62. The topological polar surface area (TPSA) is 62.1 Å². The molecule has 1 fully saturated rings. The Bertz CT molecular complexity index is 1070. The highest BCUT2D eigenvalue weighted by Gasteiger charge is 2.21. The van der Waals surface area contributed by atoms with Gasteiger partial charge >= 0.3 is 0 Å². The van der Waals surface area contributed by atoms with Gasteiger partial charge in [-0.25, -0.2) is 8.91 Å². The maximum atomic E-state index is 13.6. The third-order valence-electron chi connectivity index (χ3n) is 5.23. The zero-order valence-corrected chi connectivity index (χ0v) is 17.4. The summed E-state index contributed by atoms with van der Waals surface area (Å²) in [5.74, 6) is 0.185. The minimum atomic E-state index is -1.52. The van der Waals surface area contributed by atoms with Crippen LogP contribution in [0.2, 0.25) is 0 Å². The van der Waals surface area contributed by atoms with Gasteiger partial charge in [-0.1, -0.05) is 19.1 Å². The van der Waals surface area contributed by atoms with Crippen LogP contribution in [0, 0.1) is 6.92 Å². The molecule has 1 saturated heterocycles. The molecule has 1 aliphatic rings. The molecular weight excluding hydrogens is 387 g/mol. The third kappa shape index (κ3) is 3.95. The van der Waals surface area contributed by atoms with E-state index in [2.05, 4.69) is 5.10 Å². The highest BCUT2D eigenvalue weighted by molar-refractivity contribution is 6.01. The Morgan fingerprint density at radius 1 is 1.37 bits per heavy atom. The SMILES string of the molecule is CCC(=O)c1c(C)cc(-c2cnn3cc(C4COCCO4)ccc23)cc1OC(C)F. The van der Waals surface area contributed by atoms with E-state index >= 15 is 0 Å². The highest BCUT2D eigenvalue weighted by atomic mass is 19.1. The molecular formula is C23H25FN2O4. The number of fused-ring (bicyclic) bond motifs is 1. The lowest BCUT2D eigenvalue weighted by Gasteiger charge is -2.23. The molecule has 4 rings (SSSR count). The number of halogens is 1. The summed E-state index contributed by atoms with van der Waals surface area (Å²) in [6.45, 7) is 6.63. The number of pyridine rings is 1. The number of aromatic nitrogens is 2. The monoisotopic (exact) mass is 412 g/mol. The van der Waals surface area contributed by atoms with E-state index in [1.165, 1.54) is 6.92 Å². The number of carbonyl (C=O) groups excluding carboxylic acids is 1. The summed E-state index contributed by atoms with van der Waals surface area (Å²) in [5, 5.41) is 4.48. The predicted octanol–water partition coefficient (Wildman–Crippen LogP) is 4.68. The summed E-state index contributed by atoms with van der Waals surface area (Å²) in [4.78, 5) is 12.4. The number of ketones is 1. The fourth-order valence-corrected chi connectivity index (χ4v) is 3.81. The summed E-state index contributed by atoms with van der Waals surface area (Å²) < 4.78 is 32.1. The number of rotatable bonds is 6. The zero-order chi connectivity index (χ0) is 21.3. The van der Waals surface area contributed by atoms with Gasteiger partial charge in [0.2, 0.25) is 6.36 Å². The lowest BCUT2D eigenvalue weighted by Crippen LogP contribution is -2.22. The normalized spacial score (nSPS) is 17.8. The maximum absolute atomic E-state index is 13.6. The van der Waals surface area contributed by atoms with Crippen LogP contribution < -0.4 is 4.74 Å². The first kappa shape index (κ1) is 20.5. The van der Waals surface area contributed by atoms with E-state index in [0.717, 1.165) is 27.8 Å². The Kier molecular flexibility index (Phi) is 5.83. The second-order valence-electron chi connectivity index (χ2n) is 7.39. The Morgan fingerprint density at radius 3 is 2.90 bits per heavy atom. The molecule has 0 aliphatic carbocycles. The van der Waals surface area contributed by atoms with Crippen molar-refractivity contribution in [1.29, 1.82) is 0 Å².